The molecule has 0 aliphatic carbocycles. The summed E-state index contributed by atoms with van der Waals surface area (Å²) in [4.78, 5) is 8.63. The molecule has 1 unspecified atom stereocenters. The number of aryl methyl sites for hydroxylation is 2. The van der Waals surface area contributed by atoms with Gasteiger partial charge in [-0.15, -0.1) is 0 Å². The summed E-state index contributed by atoms with van der Waals surface area (Å²) in [5, 5.41) is 3.23. The first kappa shape index (κ1) is 11.9. The van der Waals surface area contributed by atoms with Gasteiger partial charge in [0.1, 0.15) is 0 Å². The Morgan fingerprint density at radius 1 is 1.33 bits per heavy atom. The summed E-state index contributed by atoms with van der Waals surface area (Å²) in [6.07, 6.45) is 1.03. The van der Waals surface area contributed by atoms with Crippen molar-refractivity contribution in [3.05, 3.63) is 17.5 Å². The highest BCUT2D eigenvalue weighted by Crippen LogP contribution is 2.06. The summed E-state index contributed by atoms with van der Waals surface area (Å²) in [5.41, 5.74) is 7.48. The SMILES string of the molecule is Cc1cc(C)nc(NCC(C)CCN)n1. The zero-order valence-corrected chi connectivity index (χ0v) is 9.75. The molecule has 1 aromatic heterocycles. The molecule has 84 valence electrons. The fourth-order valence-electron chi connectivity index (χ4n) is 1.46. The molecule has 4 nitrogen and oxygen atoms in total. The first-order chi connectivity index (χ1) is 7.11. The van der Waals surface area contributed by atoms with Gasteiger partial charge in [-0.3, -0.25) is 0 Å². The third kappa shape index (κ3) is 4.25. The summed E-state index contributed by atoms with van der Waals surface area (Å²) >= 11 is 0. The predicted molar refractivity (Wildman–Crippen MR) is 62.8 cm³/mol. The summed E-state index contributed by atoms with van der Waals surface area (Å²) in [6.45, 7) is 7.73. The fraction of sp³-hybridized carbons (Fsp3) is 0.636. The maximum absolute atomic E-state index is 5.49. The topological polar surface area (TPSA) is 63.8 Å². The zero-order valence-electron chi connectivity index (χ0n) is 9.75. The maximum Gasteiger partial charge on any atom is 0.223 e. The number of rotatable bonds is 5. The molecule has 0 aliphatic heterocycles. The van der Waals surface area contributed by atoms with E-state index in [2.05, 4.69) is 22.2 Å². The molecule has 0 fully saturated rings. The molecule has 0 aliphatic rings. The maximum atomic E-state index is 5.49. The third-order valence-electron chi connectivity index (χ3n) is 2.25. The van der Waals surface area contributed by atoms with Crippen molar-refractivity contribution in [1.82, 2.24) is 9.97 Å². The van der Waals surface area contributed by atoms with Gasteiger partial charge in [0.2, 0.25) is 5.95 Å². The second kappa shape index (κ2) is 5.66. The highest BCUT2D eigenvalue weighted by Gasteiger charge is 2.02. The number of aromatic nitrogens is 2. The molecule has 4 heteroatoms. The number of hydrogen-bond donors (Lipinski definition) is 2. The van der Waals surface area contributed by atoms with Crippen LogP contribution in [-0.4, -0.2) is 23.1 Å². The molecule has 0 spiro atoms. The number of anilines is 1. The molecule has 15 heavy (non-hydrogen) atoms. The minimum absolute atomic E-state index is 0.555. The van der Waals surface area contributed by atoms with E-state index in [0.29, 0.717) is 5.92 Å². The van der Waals surface area contributed by atoms with Crippen LogP contribution in [0.5, 0.6) is 0 Å². The van der Waals surface area contributed by atoms with E-state index < -0.39 is 0 Å². The van der Waals surface area contributed by atoms with Crippen LogP contribution < -0.4 is 11.1 Å². The van der Waals surface area contributed by atoms with Gasteiger partial charge >= 0.3 is 0 Å². The largest absolute Gasteiger partial charge is 0.354 e. The fourth-order valence-corrected chi connectivity index (χ4v) is 1.46. The number of nitrogens with two attached hydrogens (primary N) is 1. The van der Waals surface area contributed by atoms with Crippen LogP contribution >= 0.6 is 0 Å². The van der Waals surface area contributed by atoms with Crippen molar-refractivity contribution < 1.29 is 0 Å². The van der Waals surface area contributed by atoms with Crippen molar-refractivity contribution in [2.24, 2.45) is 11.7 Å². The standard InChI is InChI=1S/C11H20N4/c1-8(4-5-12)7-13-11-14-9(2)6-10(3)15-11/h6,8H,4-5,7,12H2,1-3H3,(H,13,14,15). The lowest BCUT2D eigenvalue weighted by atomic mass is 10.1. The molecular formula is C11H20N4. The Morgan fingerprint density at radius 2 is 1.93 bits per heavy atom. The number of nitrogens with zero attached hydrogens (tertiary/aromatic N) is 2. The van der Waals surface area contributed by atoms with Gasteiger partial charge in [-0.05, 0) is 38.8 Å². The molecule has 1 heterocycles. The van der Waals surface area contributed by atoms with E-state index in [1.165, 1.54) is 0 Å². The second-order valence-corrected chi connectivity index (χ2v) is 4.04. The smallest absolute Gasteiger partial charge is 0.223 e. The molecule has 1 atom stereocenters. The van der Waals surface area contributed by atoms with Crippen LogP contribution in [-0.2, 0) is 0 Å². The van der Waals surface area contributed by atoms with Crippen LogP contribution in [0.15, 0.2) is 6.07 Å². The third-order valence-corrected chi connectivity index (χ3v) is 2.25. The lowest BCUT2D eigenvalue weighted by molar-refractivity contribution is 0.566. The molecule has 0 aromatic carbocycles. The highest BCUT2D eigenvalue weighted by atomic mass is 15.1. The van der Waals surface area contributed by atoms with E-state index >= 15 is 0 Å². The van der Waals surface area contributed by atoms with Crippen LogP contribution in [0.1, 0.15) is 24.7 Å². The Morgan fingerprint density at radius 3 is 2.47 bits per heavy atom. The Labute approximate surface area is 91.3 Å². The van der Waals surface area contributed by atoms with Gasteiger partial charge < -0.3 is 11.1 Å². The van der Waals surface area contributed by atoms with Crippen molar-refractivity contribution in [2.45, 2.75) is 27.2 Å². The van der Waals surface area contributed by atoms with Gasteiger partial charge in [0.25, 0.3) is 0 Å². The van der Waals surface area contributed by atoms with Crippen molar-refractivity contribution in [3.8, 4) is 0 Å². The zero-order chi connectivity index (χ0) is 11.3. The van der Waals surface area contributed by atoms with Gasteiger partial charge in [-0.25, -0.2) is 9.97 Å². The van der Waals surface area contributed by atoms with Crippen LogP contribution in [0.2, 0.25) is 0 Å². The van der Waals surface area contributed by atoms with E-state index in [9.17, 15) is 0 Å². The minimum Gasteiger partial charge on any atom is -0.354 e. The first-order valence-electron chi connectivity index (χ1n) is 5.38. The molecule has 3 N–H and O–H groups in total. The van der Waals surface area contributed by atoms with Gasteiger partial charge in [-0.1, -0.05) is 6.92 Å². The molecule has 1 aromatic rings. The molecule has 1 rings (SSSR count). The highest BCUT2D eigenvalue weighted by molar-refractivity contribution is 5.27. The summed E-state index contributed by atoms with van der Waals surface area (Å²) in [5.74, 6) is 1.27. The predicted octanol–water partition coefficient (Wildman–Crippen LogP) is 1.49. The lowest BCUT2D eigenvalue weighted by Gasteiger charge is -2.11. The van der Waals surface area contributed by atoms with E-state index in [1.807, 2.05) is 19.9 Å². The van der Waals surface area contributed by atoms with Crippen LogP contribution in [0, 0.1) is 19.8 Å². The summed E-state index contributed by atoms with van der Waals surface area (Å²) in [6, 6.07) is 1.97. The van der Waals surface area contributed by atoms with E-state index in [-0.39, 0.29) is 0 Å². The van der Waals surface area contributed by atoms with Crippen molar-refractivity contribution in [1.29, 1.82) is 0 Å². The molecular weight excluding hydrogens is 188 g/mol. The number of nitrogens with one attached hydrogen (secondary N) is 1. The van der Waals surface area contributed by atoms with Crippen molar-refractivity contribution in [2.75, 3.05) is 18.4 Å². The monoisotopic (exact) mass is 208 g/mol. The quantitative estimate of drug-likeness (QED) is 0.769. The molecule has 0 amide bonds. The average Bonchev–Trinajstić information content (AvgIpc) is 2.14. The van der Waals surface area contributed by atoms with Crippen LogP contribution in [0.4, 0.5) is 5.95 Å². The Balaban J connectivity index is 2.50. The molecule has 0 radical (unpaired) electrons. The second-order valence-electron chi connectivity index (χ2n) is 4.04. The summed E-state index contributed by atoms with van der Waals surface area (Å²) in [7, 11) is 0. The van der Waals surface area contributed by atoms with Gasteiger partial charge in [-0.2, -0.15) is 0 Å². The van der Waals surface area contributed by atoms with Crippen molar-refractivity contribution >= 4 is 5.95 Å². The van der Waals surface area contributed by atoms with Gasteiger partial charge in [0.05, 0.1) is 0 Å². The number of hydrogen-bond acceptors (Lipinski definition) is 4. The lowest BCUT2D eigenvalue weighted by Crippen LogP contribution is -2.16. The minimum atomic E-state index is 0.555. The molecule has 0 saturated carbocycles. The van der Waals surface area contributed by atoms with Gasteiger partial charge in [0, 0.05) is 17.9 Å². The normalized spacial score (nSPS) is 12.5. The first-order valence-corrected chi connectivity index (χ1v) is 5.38. The van der Waals surface area contributed by atoms with E-state index in [0.717, 1.165) is 36.8 Å². The molecule has 0 bridgehead atoms. The Kier molecular flexibility index (Phi) is 4.49. The van der Waals surface area contributed by atoms with Crippen LogP contribution in [0.25, 0.3) is 0 Å². The van der Waals surface area contributed by atoms with Gasteiger partial charge in [0.15, 0.2) is 0 Å². The molecule has 0 saturated heterocycles. The van der Waals surface area contributed by atoms with E-state index in [4.69, 9.17) is 5.73 Å². The Hall–Kier alpha value is -1.16. The van der Waals surface area contributed by atoms with Crippen LogP contribution in [0.3, 0.4) is 0 Å². The van der Waals surface area contributed by atoms with E-state index in [1.54, 1.807) is 0 Å². The summed E-state index contributed by atoms with van der Waals surface area (Å²) < 4.78 is 0. The van der Waals surface area contributed by atoms with Crippen molar-refractivity contribution in [3.63, 3.8) is 0 Å². The Bertz CT molecular complexity index is 291. The average molecular weight is 208 g/mol.